The topological polar surface area (TPSA) is 133 Å². The van der Waals surface area contributed by atoms with Crippen molar-refractivity contribution in [2.24, 2.45) is 0 Å². The summed E-state index contributed by atoms with van der Waals surface area (Å²) in [5, 5.41) is 20.7. The number of hydrogen-bond donors (Lipinski definition) is 2. The Labute approximate surface area is 235 Å². The number of hydrogen-bond acceptors (Lipinski definition) is 7. The number of halogens is 5. The van der Waals surface area contributed by atoms with Gasteiger partial charge in [0.2, 0.25) is 5.82 Å². The lowest BCUT2D eigenvalue weighted by atomic mass is 10.1. The van der Waals surface area contributed by atoms with E-state index in [2.05, 4.69) is 36.1 Å². The number of pyridine rings is 1. The first-order valence-corrected chi connectivity index (χ1v) is 12.3. The maximum atomic E-state index is 13.6. The van der Waals surface area contributed by atoms with Crippen molar-refractivity contribution in [2.75, 3.05) is 5.32 Å². The second kappa shape index (κ2) is 11.2. The van der Waals surface area contributed by atoms with E-state index in [0.29, 0.717) is 0 Å². The predicted molar refractivity (Wildman–Crippen MR) is 140 cm³/mol. The standard InChI is InChI=1S/C23H20Cl3F2N9O2/c1-23(2,3)31-21(38)13-7-11(24)8-15(26)17(13)30-22(39)16-9-12(10-36-34-19(18(27)28)32-35-36)33-37(16)20-14(25)5-4-6-29-20/h4-9,18H,10H2,1-3H3,(H,30,39)(H,31,38). The summed E-state index contributed by atoms with van der Waals surface area (Å²) in [7, 11) is 0. The Morgan fingerprint density at radius 3 is 2.44 bits per heavy atom. The number of rotatable bonds is 7. The molecule has 0 aliphatic rings. The van der Waals surface area contributed by atoms with Gasteiger partial charge in [0.05, 0.1) is 27.0 Å². The van der Waals surface area contributed by atoms with E-state index in [9.17, 15) is 18.4 Å². The van der Waals surface area contributed by atoms with Crippen LogP contribution in [0.15, 0.2) is 36.5 Å². The molecule has 11 nitrogen and oxygen atoms in total. The molecule has 204 valence electrons. The summed E-state index contributed by atoms with van der Waals surface area (Å²) in [6.07, 6.45) is -1.46. The van der Waals surface area contributed by atoms with Crippen LogP contribution in [0, 0.1) is 0 Å². The third-order valence-corrected chi connectivity index (χ3v) is 5.74. The molecular formula is C23H20Cl3F2N9O2. The van der Waals surface area contributed by atoms with Crippen LogP contribution in [0.25, 0.3) is 5.82 Å². The third kappa shape index (κ3) is 6.67. The minimum absolute atomic E-state index is 0.00810. The van der Waals surface area contributed by atoms with E-state index in [0.717, 1.165) is 9.48 Å². The maximum Gasteiger partial charge on any atom is 0.301 e. The molecule has 1 aromatic carbocycles. The van der Waals surface area contributed by atoms with Crippen LogP contribution in [0.4, 0.5) is 14.5 Å². The molecule has 0 bridgehead atoms. The number of amides is 2. The molecule has 0 saturated heterocycles. The summed E-state index contributed by atoms with van der Waals surface area (Å²) in [5.74, 6) is -1.89. The highest BCUT2D eigenvalue weighted by atomic mass is 35.5. The van der Waals surface area contributed by atoms with Gasteiger partial charge in [-0.2, -0.15) is 9.90 Å². The Kier molecular flexibility index (Phi) is 8.14. The van der Waals surface area contributed by atoms with Crippen molar-refractivity contribution in [3.8, 4) is 5.82 Å². The minimum Gasteiger partial charge on any atom is -0.347 e. The Bertz CT molecular complexity index is 1550. The van der Waals surface area contributed by atoms with Crippen molar-refractivity contribution >= 4 is 52.3 Å². The van der Waals surface area contributed by atoms with Crippen LogP contribution in [0.2, 0.25) is 15.1 Å². The number of anilines is 1. The van der Waals surface area contributed by atoms with Crippen molar-refractivity contribution < 1.29 is 18.4 Å². The summed E-state index contributed by atoms with van der Waals surface area (Å²) >= 11 is 18.8. The molecular weight excluding hydrogens is 579 g/mol. The van der Waals surface area contributed by atoms with Gasteiger partial charge < -0.3 is 10.6 Å². The monoisotopic (exact) mass is 597 g/mol. The second-order valence-corrected chi connectivity index (χ2v) is 10.4. The van der Waals surface area contributed by atoms with E-state index < -0.39 is 29.6 Å². The molecule has 0 saturated carbocycles. The summed E-state index contributed by atoms with van der Waals surface area (Å²) < 4.78 is 26.9. The van der Waals surface area contributed by atoms with E-state index in [1.165, 1.54) is 24.4 Å². The van der Waals surface area contributed by atoms with Crippen LogP contribution in [-0.2, 0) is 6.54 Å². The smallest absolute Gasteiger partial charge is 0.301 e. The first kappa shape index (κ1) is 28.3. The lowest BCUT2D eigenvalue weighted by molar-refractivity contribution is 0.0920. The van der Waals surface area contributed by atoms with Gasteiger partial charge in [-0.15, -0.1) is 10.2 Å². The number of carbonyl (C=O) groups is 2. The number of benzene rings is 1. The van der Waals surface area contributed by atoms with Crippen molar-refractivity contribution in [3.63, 3.8) is 0 Å². The highest BCUT2D eigenvalue weighted by Crippen LogP contribution is 2.31. The molecule has 39 heavy (non-hydrogen) atoms. The van der Waals surface area contributed by atoms with Crippen molar-refractivity contribution in [3.05, 3.63) is 74.4 Å². The van der Waals surface area contributed by atoms with E-state index in [1.807, 2.05) is 0 Å². The number of alkyl halides is 2. The summed E-state index contributed by atoms with van der Waals surface area (Å²) in [5.41, 5.74) is -0.408. The Morgan fingerprint density at radius 1 is 1.05 bits per heavy atom. The van der Waals surface area contributed by atoms with Gasteiger partial charge in [-0.25, -0.2) is 18.4 Å². The summed E-state index contributed by atoms with van der Waals surface area (Å²) in [4.78, 5) is 31.6. The SMILES string of the molecule is CC(C)(C)NC(=O)c1cc(Cl)cc(Cl)c1NC(=O)c1cc(Cn2nnc(C(F)F)n2)nn1-c1ncccc1Cl. The van der Waals surface area contributed by atoms with E-state index >= 15 is 0 Å². The lowest BCUT2D eigenvalue weighted by Gasteiger charge is -2.22. The first-order valence-electron chi connectivity index (χ1n) is 11.2. The van der Waals surface area contributed by atoms with Crippen molar-refractivity contribution in [2.45, 2.75) is 39.3 Å². The Balaban J connectivity index is 1.74. The van der Waals surface area contributed by atoms with E-state index in [4.69, 9.17) is 34.8 Å². The largest absolute Gasteiger partial charge is 0.347 e. The van der Waals surface area contributed by atoms with Crippen molar-refractivity contribution in [1.82, 2.24) is 40.3 Å². The fourth-order valence-corrected chi connectivity index (χ4v) is 4.13. The zero-order chi connectivity index (χ0) is 28.5. The molecule has 0 fully saturated rings. The highest BCUT2D eigenvalue weighted by Gasteiger charge is 2.25. The number of carbonyl (C=O) groups excluding carboxylic acids is 2. The number of nitrogens with zero attached hydrogens (tertiary/aromatic N) is 7. The van der Waals surface area contributed by atoms with Crippen LogP contribution >= 0.6 is 34.8 Å². The molecule has 4 aromatic rings. The van der Waals surface area contributed by atoms with Crippen LogP contribution in [0.1, 0.15) is 59.6 Å². The number of tetrazole rings is 1. The van der Waals surface area contributed by atoms with Gasteiger partial charge >= 0.3 is 6.43 Å². The first-order chi connectivity index (χ1) is 18.3. The number of aromatic nitrogens is 7. The predicted octanol–water partition coefficient (Wildman–Crippen LogP) is 4.98. The van der Waals surface area contributed by atoms with Gasteiger partial charge in [0.1, 0.15) is 12.2 Å². The zero-order valence-corrected chi connectivity index (χ0v) is 22.9. The molecule has 4 rings (SSSR count). The van der Waals surface area contributed by atoms with E-state index in [-0.39, 0.29) is 50.1 Å². The van der Waals surface area contributed by atoms with Gasteiger partial charge in [0, 0.05) is 16.8 Å². The Morgan fingerprint density at radius 2 is 1.79 bits per heavy atom. The lowest BCUT2D eigenvalue weighted by Crippen LogP contribution is -2.41. The average Bonchev–Trinajstić information content (AvgIpc) is 3.47. The van der Waals surface area contributed by atoms with Gasteiger partial charge in [-0.1, -0.05) is 34.8 Å². The number of nitrogens with one attached hydrogen (secondary N) is 2. The molecule has 0 unspecified atom stereocenters. The maximum absolute atomic E-state index is 13.6. The third-order valence-electron chi connectivity index (χ3n) is 4.93. The highest BCUT2D eigenvalue weighted by molar-refractivity contribution is 6.38. The molecule has 2 amide bonds. The average molecular weight is 599 g/mol. The van der Waals surface area contributed by atoms with Gasteiger partial charge in [-0.3, -0.25) is 9.59 Å². The molecule has 0 radical (unpaired) electrons. The van der Waals surface area contributed by atoms with Gasteiger partial charge in [-0.05, 0) is 56.3 Å². The fraction of sp³-hybridized carbons (Fsp3) is 0.261. The van der Waals surface area contributed by atoms with Crippen LogP contribution in [0.5, 0.6) is 0 Å². The van der Waals surface area contributed by atoms with Gasteiger partial charge in [0.15, 0.2) is 5.82 Å². The minimum atomic E-state index is -2.90. The molecule has 0 aliphatic heterocycles. The Hall–Kier alpha value is -3.68. The fourth-order valence-electron chi connectivity index (χ4n) is 3.38. The summed E-state index contributed by atoms with van der Waals surface area (Å²) in [6, 6.07) is 7.26. The summed E-state index contributed by atoms with van der Waals surface area (Å²) in [6.45, 7) is 5.18. The molecule has 3 heterocycles. The second-order valence-electron chi connectivity index (χ2n) is 9.19. The molecule has 0 atom stereocenters. The quantitative estimate of drug-likeness (QED) is 0.307. The van der Waals surface area contributed by atoms with Crippen LogP contribution in [-0.4, -0.2) is 52.3 Å². The van der Waals surface area contributed by atoms with Crippen LogP contribution < -0.4 is 10.6 Å². The van der Waals surface area contributed by atoms with E-state index in [1.54, 1.807) is 32.9 Å². The van der Waals surface area contributed by atoms with Gasteiger partial charge in [0.25, 0.3) is 11.8 Å². The normalized spacial score (nSPS) is 11.6. The molecule has 2 N–H and O–H groups in total. The molecule has 3 aromatic heterocycles. The zero-order valence-electron chi connectivity index (χ0n) is 20.6. The van der Waals surface area contributed by atoms with Crippen molar-refractivity contribution in [1.29, 1.82) is 0 Å². The molecule has 16 heteroatoms. The molecule has 0 aliphatic carbocycles. The van der Waals surface area contributed by atoms with Crippen LogP contribution in [0.3, 0.4) is 0 Å². The molecule has 0 spiro atoms.